The minimum absolute atomic E-state index is 0.0675. The fourth-order valence-corrected chi connectivity index (χ4v) is 1.66. The number of halogens is 1. The highest BCUT2D eigenvalue weighted by Gasteiger charge is 2.10. The molecule has 0 aliphatic rings. The van der Waals surface area contributed by atoms with Gasteiger partial charge in [0.15, 0.2) is 5.84 Å². The normalized spacial score (nSPS) is 11.1. The average Bonchev–Trinajstić information content (AvgIpc) is 2.37. The number of amidine groups is 1. The number of nitrogens with two attached hydrogens (primary N) is 1. The summed E-state index contributed by atoms with van der Waals surface area (Å²) in [5.41, 5.74) is 6.46. The molecule has 6 nitrogen and oxygen atoms in total. The summed E-state index contributed by atoms with van der Waals surface area (Å²) in [6.07, 6.45) is 0.848. The highest BCUT2D eigenvalue weighted by atomic mass is 79.9. The van der Waals surface area contributed by atoms with Gasteiger partial charge in [-0.1, -0.05) is 28.0 Å². The average molecular weight is 315 g/mol. The van der Waals surface area contributed by atoms with Gasteiger partial charge < -0.3 is 21.6 Å². The number of carbonyl (C=O) groups excluding carboxylic acids is 1. The smallest absolute Gasteiger partial charge is 0.319 e. The van der Waals surface area contributed by atoms with Gasteiger partial charge in [-0.15, -0.1) is 0 Å². The van der Waals surface area contributed by atoms with E-state index in [1.165, 1.54) is 0 Å². The number of hydrogen-bond acceptors (Lipinski definition) is 3. The summed E-state index contributed by atoms with van der Waals surface area (Å²) in [7, 11) is 0. The third kappa shape index (κ3) is 3.92. The number of nitrogens with one attached hydrogen (secondary N) is 2. The van der Waals surface area contributed by atoms with Gasteiger partial charge in [0.25, 0.3) is 0 Å². The van der Waals surface area contributed by atoms with Gasteiger partial charge in [0.05, 0.1) is 5.69 Å². The Morgan fingerprint density at radius 1 is 1.56 bits per heavy atom. The Morgan fingerprint density at radius 2 is 2.28 bits per heavy atom. The van der Waals surface area contributed by atoms with Crippen LogP contribution in [0.5, 0.6) is 0 Å². The number of oxime groups is 1. The molecule has 0 unspecified atom stereocenters. The van der Waals surface area contributed by atoms with Gasteiger partial charge in [-0.3, -0.25) is 0 Å². The number of rotatable bonds is 4. The molecule has 2 amide bonds. The van der Waals surface area contributed by atoms with Gasteiger partial charge in [0.2, 0.25) is 0 Å². The lowest BCUT2D eigenvalue weighted by Crippen LogP contribution is -2.30. The number of benzene rings is 1. The molecule has 0 fully saturated rings. The van der Waals surface area contributed by atoms with Crippen LogP contribution in [-0.2, 0) is 0 Å². The Hall–Kier alpha value is -1.76. The van der Waals surface area contributed by atoms with Crippen molar-refractivity contribution in [2.45, 2.75) is 13.3 Å². The molecule has 0 spiro atoms. The zero-order chi connectivity index (χ0) is 13.5. The predicted molar refractivity (Wildman–Crippen MR) is 74.0 cm³/mol. The van der Waals surface area contributed by atoms with Crippen LogP contribution in [0.4, 0.5) is 10.5 Å². The van der Waals surface area contributed by atoms with E-state index < -0.39 is 0 Å². The number of amides is 2. The molecule has 0 heterocycles. The second-order valence-electron chi connectivity index (χ2n) is 3.56. The van der Waals surface area contributed by atoms with E-state index >= 15 is 0 Å². The van der Waals surface area contributed by atoms with E-state index in [9.17, 15) is 4.79 Å². The van der Waals surface area contributed by atoms with Gasteiger partial charge in [0.1, 0.15) is 0 Å². The molecule has 18 heavy (non-hydrogen) atoms. The van der Waals surface area contributed by atoms with Gasteiger partial charge in [-0.05, 0) is 24.6 Å². The molecule has 1 aromatic rings. The zero-order valence-electron chi connectivity index (χ0n) is 9.90. The number of hydrogen-bond donors (Lipinski definition) is 4. The van der Waals surface area contributed by atoms with Crippen LogP contribution in [0.3, 0.4) is 0 Å². The number of carbonyl (C=O) groups is 1. The highest BCUT2D eigenvalue weighted by Crippen LogP contribution is 2.20. The summed E-state index contributed by atoms with van der Waals surface area (Å²) in [5.74, 6) is -0.0675. The van der Waals surface area contributed by atoms with Crippen molar-refractivity contribution in [1.82, 2.24) is 5.32 Å². The molecule has 0 bridgehead atoms. The number of urea groups is 1. The largest absolute Gasteiger partial charge is 0.409 e. The zero-order valence-corrected chi connectivity index (χ0v) is 11.5. The summed E-state index contributed by atoms with van der Waals surface area (Å²) < 4.78 is 0.767. The molecule has 0 saturated heterocycles. The van der Waals surface area contributed by atoms with Gasteiger partial charge in [-0.25, -0.2) is 4.79 Å². The second-order valence-corrected chi connectivity index (χ2v) is 4.47. The summed E-state index contributed by atoms with van der Waals surface area (Å²) in [6, 6.07) is 4.75. The second kappa shape index (κ2) is 6.85. The van der Waals surface area contributed by atoms with Gasteiger partial charge >= 0.3 is 6.03 Å². The maximum atomic E-state index is 11.5. The van der Waals surface area contributed by atoms with Crippen LogP contribution in [0.25, 0.3) is 0 Å². The van der Waals surface area contributed by atoms with Crippen molar-refractivity contribution in [1.29, 1.82) is 0 Å². The van der Waals surface area contributed by atoms with Crippen molar-refractivity contribution in [2.75, 3.05) is 11.9 Å². The molecule has 0 aromatic heterocycles. The van der Waals surface area contributed by atoms with Crippen LogP contribution in [0, 0.1) is 0 Å². The lowest BCUT2D eigenvalue weighted by Gasteiger charge is -2.11. The minimum atomic E-state index is -0.328. The molecular weight excluding hydrogens is 300 g/mol. The van der Waals surface area contributed by atoms with E-state index in [4.69, 9.17) is 10.9 Å². The van der Waals surface area contributed by atoms with Crippen molar-refractivity contribution >= 4 is 33.5 Å². The third-order valence-electron chi connectivity index (χ3n) is 2.15. The number of anilines is 1. The standard InChI is InChI=1S/C11H15BrN4O2/c1-2-5-14-11(17)15-9-4-3-7(12)6-8(9)10(13)16-18/h3-4,6,18H,2,5H2,1H3,(H2,13,16)(H2,14,15,17). The van der Waals surface area contributed by atoms with E-state index in [1.54, 1.807) is 18.2 Å². The molecule has 0 atom stereocenters. The Bertz CT molecular complexity index is 462. The van der Waals surface area contributed by atoms with E-state index in [0.717, 1.165) is 10.9 Å². The molecule has 1 rings (SSSR count). The monoisotopic (exact) mass is 314 g/mol. The van der Waals surface area contributed by atoms with E-state index in [2.05, 4.69) is 31.7 Å². The maximum absolute atomic E-state index is 11.5. The van der Waals surface area contributed by atoms with Crippen molar-refractivity contribution < 1.29 is 10.0 Å². The first-order valence-electron chi connectivity index (χ1n) is 5.40. The maximum Gasteiger partial charge on any atom is 0.319 e. The van der Waals surface area contributed by atoms with Crippen LogP contribution in [-0.4, -0.2) is 23.6 Å². The fourth-order valence-electron chi connectivity index (χ4n) is 1.30. The van der Waals surface area contributed by atoms with Crippen LogP contribution in [0.1, 0.15) is 18.9 Å². The molecule has 1 aromatic carbocycles. The first kappa shape index (κ1) is 14.3. The predicted octanol–water partition coefficient (Wildman–Crippen LogP) is 2.08. The van der Waals surface area contributed by atoms with Crippen LogP contribution >= 0.6 is 15.9 Å². The topological polar surface area (TPSA) is 99.7 Å². The van der Waals surface area contributed by atoms with Crippen molar-refractivity contribution in [3.63, 3.8) is 0 Å². The van der Waals surface area contributed by atoms with Gasteiger partial charge in [0, 0.05) is 16.6 Å². The van der Waals surface area contributed by atoms with Crippen LogP contribution in [0.15, 0.2) is 27.8 Å². The van der Waals surface area contributed by atoms with Crippen LogP contribution < -0.4 is 16.4 Å². The van der Waals surface area contributed by atoms with Gasteiger partial charge in [-0.2, -0.15) is 0 Å². The molecule has 7 heteroatoms. The van der Waals surface area contributed by atoms with E-state index in [-0.39, 0.29) is 11.9 Å². The fraction of sp³-hybridized carbons (Fsp3) is 0.273. The molecule has 98 valence electrons. The van der Waals surface area contributed by atoms with Crippen LogP contribution in [0.2, 0.25) is 0 Å². The molecule has 0 saturated carbocycles. The molecular formula is C11H15BrN4O2. The quantitative estimate of drug-likeness (QED) is 0.296. The third-order valence-corrected chi connectivity index (χ3v) is 2.64. The first-order chi connectivity index (χ1) is 8.58. The Morgan fingerprint density at radius 3 is 2.89 bits per heavy atom. The lowest BCUT2D eigenvalue weighted by atomic mass is 10.1. The van der Waals surface area contributed by atoms with E-state index in [1.807, 2.05) is 6.92 Å². The molecule has 0 radical (unpaired) electrons. The Balaban J connectivity index is 2.91. The van der Waals surface area contributed by atoms with E-state index in [0.29, 0.717) is 17.8 Å². The molecule has 0 aliphatic carbocycles. The Kier molecular flexibility index (Phi) is 5.44. The Labute approximate surface area is 113 Å². The summed E-state index contributed by atoms with van der Waals surface area (Å²) in [4.78, 5) is 11.5. The van der Waals surface area contributed by atoms with Crippen molar-refractivity contribution in [2.24, 2.45) is 10.9 Å². The van der Waals surface area contributed by atoms with Crippen molar-refractivity contribution in [3.05, 3.63) is 28.2 Å². The summed E-state index contributed by atoms with van der Waals surface area (Å²) in [6.45, 7) is 2.54. The summed E-state index contributed by atoms with van der Waals surface area (Å²) in [5, 5.41) is 16.9. The SMILES string of the molecule is CCCNC(=O)Nc1ccc(Br)cc1/C(N)=N/O. The molecule has 5 N–H and O–H groups in total. The molecule has 0 aliphatic heterocycles. The lowest BCUT2D eigenvalue weighted by molar-refractivity contribution is 0.252. The first-order valence-corrected chi connectivity index (χ1v) is 6.20. The summed E-state index contributed by atoms with van der Waals surface area (Å²) >= 11 is 3.28. The van der Waals surface area contributed by atoms with Crippen molar-refractivity contribution in [3.8, 4) is 0 Å². The number of nitrogens with zero attached hydrogens (tertiary/aromatic N) is 1. The minimum Gasteiger partial charge on any atom is -0.409 e. The highest BCUT2D eigenvalue weighted by molar-refractivity contribution is 9.10.